The zero-order valence-corrected chi connectivity index (χ0v) is 13.1. The minimum Gasteiger partial charge on any atom is -0.506 e. The second-order valence-corrected chi connectivity index (χ2v) is 4.97. The van der Waals surface area contributed by atoms with E-state index in [4.69, 9.17) is 16.0 Å². The van der Waals surface area contributed by atoms with Crippen molar-refractivity contribution in [2.75, 3.05) is 0 Å². The lowest BCUT2D eigenvalue weighted by atomic mass is 9.97. The molecule has 0 aliphatic carbocycles. The zero-order valence-electron chi connectivity index (χ0n) is 11.6. The van der Waals surface area contributed by atoms with Crippen LogP contribution in [0.5, 0.6) is 5.75 Å². The number of phenolic OH excluding ortho intramolecular Hbond substituents is 1. The van der Waals surface area contributed by atoms with Crippen LogP contribution >= 0.6 is 24.0 Å². The summed E-state index contributed by atoms with van der Waals surface area (Å²) in [6, 6.07) is 8.03. The van der Waals surface area contributed by atoms with Gasteiger partial charge in [0, 0.05) is 23.5 Å². The van der Waals surface area contributed by atoms with E-state index in [0.29, 0.717) is 16.7 Å². The Morgan fingerprint density at radius 3 is 2.43 bits per heavy atom. The molecule has 0 atom stereocenters. The molecule has 5 nitrogen and oxygen atoms in total. The molecular formula is C16H11Cl2NO4. The number of hydrogen-bond donors (Lipinski definition) is 2. The number of furan rings is 1. The van der Waals surface area contributed by atoms with Crippen molar-refractivity contribution >= 4 is 30.0 Å². The van der Waals surface area contributed by atoms with Crippen molar-refractivity contribution in [2.24, 2.45) is 0 Å². The van der Waals surface area contributed by atoms with Crippen LogP contribution in [0.1, 0.15) is 10.6 Å². The van der Waals surface area contributed by atoms with Gasteiger partial charge in [-0.1, -0.05) is 17.7 Å². The highest BCUT2D eigenvalue weighted by atomic mass is 35.5. The lowest BCUT2D eigenvalue weighted by molar-refractivity contribution is 0.0663. The average molecular weight is 352 g/mol. The van der Waals surface area contributed by atoms with Crippen LogP contribution in [0.4, 0.5) is 0 Å². The first-order valence-electron chi connectivity index (χ1n) is 6.32. The molecule has 1 aromatic carbocycles. The molecule has 0 bridgehead atoms. The fourth-order valence-corrected chi connectivity index (χ4v) is 2.33. The van der Waals surface area contributed by atoms with Crippen LogP contribution in [0.25, 0.3) is 22.3 Å². The number of carboxylic acids is 1. The molecule has 7 heteroatoms. The first-order chi connectivity index (χ1) is 10.6. The third-order valence-corrected chi connectivity index (χ3v) is 3.53. The maximum Gasteiger partial charge on any atom is 0.372 e. The number of halogens is 2. The molecule has 0 aliphatic heterocycles. The van der Waals surface area contributed by atoms with Gasteiger partial charge < -0.3 is 14.6 Å². The number of nitrogens with zero attached hydrogens (tertiary/aromatic N) is 1. The number of aromatic hydroxyl groups is 1. The third-order valence-electron chi connectivity index (χ3n) is 3.21. The summed E-state index contributed by atoms with van der Waals surface area (Å²) < 4.78 is 5.20. The Labute approximate surface area is 142 Å². The normalized spacial score (nSPS) is 10.1. The standard InChI is InChI=1S/C16H10ClNO4.ClH/c17-12-2-1-10(7-13(12)19)14-11(8-22-15(14)16(20)21)9-3-5-18-6-4-9;/h1-8,19H,(H,20,21);1H. The highest BCUT2D eigenvalue weighted by molar-refractivity contribution is 6.32. The van der Waals surface area contributed by atoms with E-state index in [1.54, 1.807) is 30.6 Å². The number of hydrogen-bond acceptors (Lipinski definition) is 4. The topological polar surface area (TPSA) is 83.6 Å². The Kier molecular flexibility index (Phi) is 4.93. The molecule has 0 aliphatic rings. The van der Waals surface area contributed by atoms with Gasteiger partial charge in [0.05, 0.1) is 5.02 Å². The molecule has 0 spiro atoms. The van der Waals surface area contributed by atoms with Gasteiger partial charge in [-0.3, -0.25) is 4.98 Å². The van der Waals surface area contributed by atoms with E-state index in [1.165, 1.54) is 18.4 Å². The van der Waals surface area contributed by atoms with Crippen molar-refractivity contribution in [1.29, 1.82) is 0 Å². The van der Waals surface area contributed by atoms with Crippen LogP contribution in [0.3, 0.4) is 0 Å². The third kappa shape index (κ3) is 3.16. The molecule has 3 rings (SSSR count). The molecule has 0 unspecified atom stereocenters. The van der Waals surface area contributed by atoms with E-state index >= 15 is 0 Å². The molecule has 3 aromatic rings. The fourth-order valence-electron chi connectivity index (χ4n) is 2.21. The smallest absolute Gasteiger partial charge is 0.372 e. The van der Waals surface area contributed by atoms with Crippen molar-refractivity contribution in [3.63, 3.8) is 0 Å². The molecule has 118 valence electrons. The van der Waals surface area contributed by atoms with E-state index in [1.807, 2.05) is 0 Å². The van der Waals surface area contributed by atoms with Gasteiger partial charge in [0.1, 0.15) is 12.0 Å². The minimum atomic E-state index is -1.19. The Morgan fingerprint density at radius 2 is 1.83 bits per heavy atom. The fraction of sp³-hybridized carbons (Fsp3) is 0. The predicted octanol–water partition coefficient (Wildman–Crippen LogP) is 4.49. The summed E-state index contributed by atoms with van der Waals surface area (Å²) in [6.45, 7) is 0. The van der Waals surface area contributed by atoms with Gasteiger partial charge in [-0.15, -0.1) is 12.4 Å². The summed E-state index contributed by atoms with van der Waals surface area (Å²) in [5.74, 6) is -1.52. The summed E-state index contributed by atoms with van der Waals surface area (Å²) in [6.07, 6.45) is 4.58. The summed E-state index contributed by atoms with van der Waals surface area (Å²) in [4.78, 5) is 15.3. The number of carboxylic acid groups (broad SMARTS) is 1. The summed E-state index contributed by atoms with van der Waals surface area (Å²) in [5.41, 5.74) is 2.24. The maximum atomic E-state index is 11.4. The monoisotopic (exact) mass is 351 g/mol. The molecule has 0 amide bonds. The Hall–Kier alpha value is -2.50. The van der Waals surface area contributed by atoms with E-state index in [2.05, 4.69) is 4.98 Å². The van der Waals surface area contributed by atoms with E-state index in [9.17, 15) is 15.0 Å². The number of benzene rings is 1. The van der Waals surface area contributed by atoms with Gasteiger partial charge in [-0.2, -0.15) is 0 Å². The Balaban J connectivity index is 0.00000192. The second kappa shape index (κ2) is 6.73. The minimum absolute atomic E-state index is 0. The van der Waals surface area contributed by atoms with Gasteiger partial charge in [0.2, 0.25) is 5.76 Å². The summed E-state index contributed by atoms with van der Waals surface area (Å²) in [5, 5.41) is 19.3. The highest BCUT2D eigenvalue weighted by Gasteiger charge is 2.22. The molecule has 2 aromatic heterocycles. The molecule has 0 saturated heterocycles. The summed E-state index contributed by atoms with van der Waals surface area (Å²) >= 11 is 5.80. The summed E-state index contributed by atoms with van der Waals surface area (Å²) in [7, 11) is 0. The highest BCUT2D eigenvalue weighted by Crippen LogP contribution is 2.39. The zero-order chi connectivity index (χ0) is 15.7. The SMILES string of the molecule is Cl.O=C(O)c1occ(-c2ccncc2)c1-c1ccc(Cl)c(O)c1. The van der Waals surface area contributed by atoms with Gasteiger partial charge in [0.25, 0.3) is 0 Å². The van der Waals surface area contributed by atoms with Crippen LogP contribution < -0.4 is 0 Å². The molecule has 2 heterocycles. The first kappa shape index (κ1) is 16.9. The second-order valence-electron chi connectivity index (χ2n) is 4.56. The van der Waals surface area contributed by atoms with Crippen LogP contribution in [0, 0.1) is 0 Å². The lowest BCUT2D eigenvalue weighted by Gasteiger charge is -2.06. The maximum absolute atomic E-state index is 11.4. The Bertz CT molecular complexity index is 847. The van der Waals surface area contributed by atoms with Crippen LogP contribution in [0.15, 0.2) is 53.4 Å². The molecular weight excluding hydrogens is 341 g/mol. The van der Waals surface area contributed by atoms with Crippen molar-refractivity contribution < 1.29 is 19.4 Å². The number of rotatable bonds is 3. The van der Waals surface area contributed by atoms with Crippen molar-refractivity contribution in [3.05, 3.63) is 59.8 Å². The van der Waals surface area contributed by atoms with Gasteiger partial charge >= 0.3 is 5.97 Å². The van der Waals surface area contributed by atoms with Gasteiger partial charge in [-0.05, 0) is 35.4 Å². The van der Waals surface area contributed by atoms with Crippen molar-refractivity contribution in [1.82, 2.24) is 4.98 Å². The number of carbonyl (C=O) groups is 1. The number of aromatic carboxylic acids is 1. The molecule has 0 saturated carbocycles. The first-order valence-corrected chi connectivity index (χ1v) is 6.70. The van der Waals surface area contributed by atoms with Crippen LogP contribution in [-0.4, -0.2) is 21.2 Å². The van der Waals surface area contributed by atoms with Crippen LogP contribution in [-0.2, 0) is 0 Å². The van der Waals surface area contributed by atoms with E-state index in [0.717, 1.165) is 5.56 Å². The lowest BCUT2D eigenvalue weighted by Crippen LogP contribution is -1.96. The average Bonchev–Trinajstić information content (AvgIpc) is 2.96. The van der Waals surface area contributed by atoms with Gasteiger partial charge in [0.15, 0.2) is 0 Å². The molecule has 2 N–H and O–H groups in total. The Morgan fingerprint density at radius 1 is 1.13 bits per heavy atom. The van der Waals surface area contributed by atoms with E-state index < -0.39 is 5.97 Å². The molecule has 0 fully saturated rings. The molecule has 0 radical (unpaired) electrons. The largest absolute Gasteiger partial charge is 0.506 e. The predicted molar refractivity (Wildman–Crippen MR) is 88.3 cm³/mol. The van der Waals surface area contributed by atoms with E-state index in [-0.39, 0.29) is 28.9 Å². The quantitative estimate of drug-likeness (QED) is 0.726. The van der Waals surface area contributed by atoms with Crippen molar-refractivity contribution in [3.8, 4) is 28.0 Å². The number of aromatic nitrogens is 1. The number of pyridine rings is 1. The number of phenols is 1. The molecule has 23 heavy (non-hydrogen) atoms. The van der Waals surface area contributed by atoms with Crippen LogP contribution in [0.2, 0.25) is 5.02 Å². The van der Waals surface area contributed by atoms with Crippen molar-refractivity contribution in [2.45, 2.75) is 0 Å². The van der Waals surface area contributed by atoms with Gasteiger partial charge in [-0.25, -0.2) is 4.79 Å².